The second-order valence-electron chi connectivity index (χ2n) is 7.56. The molecule has 5 nitrogen and oxygen atoms in total. The Balaban J connectivity index is 1.66. The van der Waals surface area contributed by atoms with Crippen molar-refractivity contribution < 1.29 is 0 Å². The maximum absolute atomic E-state index is 6.48. The van der Waals surface area contributed by atoms with Gasteiger partial charge < -0.3 is 4.90 Å². The van der Waals surface area contributed by atoms with Crippen molar-refractivity contribution in [1.29, 1.82) is 0 Å². The van der Waals surface area contributed by atoms with E-state index in [1.807, 2.05) is 24.3 Å². The number of hydrogen-bond acceptors (Lipinski definition) is 4. The Morgan fingerprint density at radius 2 is 2.19 bits per heavy atom. The molecule has 0 bridgehead atoms. The first-order valence-electron chi connectivity index (χ1n) is 9.32. The normalized spacial score (nSPS) is 18.0. The van der Waals surface area contributed by atoms with E-state index in [1.54, 1.807) is 6.20 Å². The van der Waals surface area contributed by atoms with Gasteiger partial charge in [-0.15, -0.1) is 0 Å². The minimum Gasteiger partial charge on any atom is -0.356 e. The first-order chi connectivity index (χ1) is 12.6. The van der Waals surface area contributed by atoms with Crippen LogP contribution in [0.25, 0.3) is 22.4 Å². The lowest BCUT2D eigenvalue weighted by molar-refractivity contribution is 0.346. The topological polar surface area (TPSA) is 57.7 Å². The number of piperidine rings is 1. The van der Waals surface area contributed by atoms with Gasteiger partial charge in [-0.2, -0.15) is 5.10 Å². The Morgan fingerprint density at radius 3 is 3.04 bits per heavy atom. The highest BCUT2D eigenvalue weighted by Gasteiger charge is 2.23. The summed E-state index contributed by atoms with van der Waals surface area (Å²) in [7, 11) is 0. The maximum atomic E-state index is 6.48. The van der Waals surface area contributed by atoms with Crippen LogP contribution in [0.5, 0.6) is 0 Å². The molecule has 3 aromatic heterocycles. The van der Waals surface area contributed by atoms with E-state index in [2.05, 4.69) is 33.9 Å². The molecule has 0 saturated carbocycles. The summed E-state index contributed by atoms with van der Waals surface area (Å²) in [5, 5.41) is 8.90. The largest absolute Gasteiger partial charge is 0.356 e. The van der Waals surface area contributed by atoms with E-state index in [0.29, 0.717) is 10.7 Å². The highest BCUT2D eigenvalue weighted by atomic mass is 35.5. The van der Waals surface area contributed by atoms with Gasteiger partial charge in [0, 0.05) is 24.7 Å². The summed E-state index contributed by atoms with van der Waals surface area (Å²) in [6, 6.07) is 7.86. The molecule has 1 N–H and O–H groups in total. The Morgan fingerprint density at radius 1 is 1.31 bits per heavy atom. The molecule has 1 fully saturated rings. The van der Waals surface area contributed by atoms with Crippen LogP contribution in [0.4, 0.5) is 5.82 Å². The van der Waals surface area contributed by atoms with Crippen LogP contribution in [-0.2, 0) is 0 Å². The average Bonchev–Trinajstić information content (AvgIpc) is 3.06. The van der Waals surface area contributed by atoms with Crippen molar-refractivity contribution >= 4 is 28.5 Å². The quantitative estimate of drug-likeness (QED) is 0.707. The maximum Gasteiger partial charge on any atom is 0.181 e. The molecule has 0 radical (unpaired) electrons. The molecule has 1 aliphatic heterocycles. The number of halogens is 1. The van der Waals surface area contributed by atoms with Crippen LogP contribution in [0.15, 0.2) is 30.5 Å². The van der Waals surface area contributed by atoms with Crippen LogP contribution < -0.4 is 4.90 Å². The third kappa shape index (κ3) is 3.40. The molecule has 0 amide bonds. The second kappa shape index (κ2) is 7.23. The van der Waals surface area contributed by atoms with Crippen LogP contribution in [0, 0.1) is 11.8 Å². The number of fused-ring (bicyclic) bond motifs is 1. The molecular formula is C20H24ClN5. The van der Waals surface area contributed by atoms with Crippen molar-refractivity contribution in [1.82, 2.24) is 20.2 Å². The van der Waals surface area contributed by atoms with Crippen LogP contribution in [-0.4, -0.2) is 33.3 Å². The second-order valence-corrected chi connectivity index (χ2v) is 7.96. The van der Waals surface area contributed by atoms with E-state index in [1.165, 1.54) is 19.3 Å². The van der Waals surface area contributed by atoms with Gasteiger partial charge in [0.15, 0.2) is 5.65 Å². The Kier molecular flexibility index (Phi) is 4.81. The first kappa shape index (κ1) is 17.3. The number of aromatic nitrogens is 4. The summed E-state index contributed by atoms with van der Waals surface area (Å²) in [6.45, 7) is 6.72. The number of nitrogens with one attached hydrogen (secondary N) is 1. The van der Waals surface area contributed by atoms with Gasteiger partial charge in [-0.05, 0) is 55.4 Å². The minimum absolute atomic E-state index is 0.624. The number of aromatic amines is 1. The third-order valence-electron chi connectivity index (χ3n) is 5.05. The fourth-order valence-corrected chi connectivity index (χ4v) is 4.15. The standard InChI is InChI=1S/C20H24ClN5/c1-13(2)11-14-5-4-10-26(12-14)17-8-7-16(21)19(23-17)18-15-6-3-9-22-20(15)25-24-18/h3,6-9,13-14H,4-5,10-12H2,1-2H3,(H,22,24,25)/t14-/m0/s1. The van der Waals surface area contributed by atoms with Crippen molar-refractivity contribution in [3.63, 3.8) is 0 Å². The van der Waals surface area contributed by atoms with Gasteiger partial charge in [0.2, 0.25) is 0 Å². The fraction of sp³-hybridized carbons (Fsp3) is 0.450. The average molecular weight is 370 g/mol. The van der Waals surface area contributed by atoms with Crippen LogP contribution >= 0.6 is 11.6 Å². The molecule has 26 heavy (non-hydrogen) atoms. The van der Waals surface area contributed by atoms with E-state index in [0.717, 1.165) is 47.5 Å². The summed E-state index contributed by atoms with van der Waals surface area (Å²) < 4.78 is 0. The third-order valence-corrected chi connectivity index (χ3v) is 5.35. The number of rotatable bonds is 4. The van der Waals surface area contributed by atoms with E-state index in [9.17, 15) is 0 Å². The molecule has 1 aliphatic rings. The van der Waals surface area contributed by atoms with Crippen molar-refractivity contribution in [2.24, 2.45) is 11.8 Å². The number of pyridine rings is 2. The van der Waals surface area contributed by atoms with Gasteiger partial charge in [0.05, 0.1) is 10.7 Å². The molecule has 3 aromatic rings. The van der Waals surface area contributed by atoms with Crippen molar-refractivity contribution in [2.75, 3.05) is 18.0 Å². The zero-order valence-corrected chi connectivity index (χ0v) is 16.0. The molecule has 0 aliphatic carbocycles. The number of hydrogen-bond donors (Lipinski definition) is 1. The molecule has 0 aromatic carbocycles. The summed E-state index contributed by atoms with van der Waals surface area (Å²) in [4.78, 5) is 11.6. The minimum atomic E-state index is 0.624. The van der Waals surface area contributed by atoms with Gasteiger partial charge in [-0.1, -0.05) is 25.4 Å². The van der Waals surface area contributed by atoms with E-state index >= 15 is 0 Å². The molecule has 0 spiro atoms. The van der Waals surface area contributed by atoms with Crippen molar-refractivity contribution in [3.05, 3.63) is 35.5 Å². The lowest BCUT2D eigenvalue weighted by Gasteiger charge is -2.34. The van der Waals surface area contributed by atoms with Crippen molar-refractivity contribution in [2.45, 2.75) is 33.1 Å². The summed E-state index contributed by atoms with van der Waals surface area (Å²) in [5.41, 5.74) is 2.25. The van der Waals surface area contributed by atoms with Crippen LogP contribution in [0.1, 0.15) is 33.1 Å². The molecule has 0 unspecified atom stereocenters. The smallest absolute Gasteiger partial charge is 0.181 e. The number of H-pyrrole nitrogens is 1. The monoisotopic (exact) mass is 369 g/mol. The molecule has 1 saturated heterocycles. The van der Waals surface area contributed by atoms with Crippen molar-refractivity contribution in [3.8, 4) is 11.4 Å². The zero-order chi connectivity index (χ0) is 18.1. The molecule has 6 heteroatoms. The van der Waals surface area contributed by atoms with Gasteiger partial charge >= 0.3 is 0 Å². The Bertz CT molecular complexity index is 904. The first-order valence-corrected chi connectivity index (χ1v) is 9.70. The predicted molar refractivity (Wildman–Crippen MR) is 107 cm³/mol. The van der Waals surface area contributed by atoms with Gasteiger partial charge in [0.1, 0.15) is 11.5 Å². The highest BCUT2D eigenvalue weighted by Crippen LogP contribution is 2.33. The van der Waals surface area contributed by atoms with Crippen LogP contribution in [0.3, 0.4) is 0 Å². The molecule has 4 rings (SSSR count). The SMILES string of the molecule is CC(C)C[C@@H]1CCCN(c2ccc(Cl)c(-c3[nH]nc4ncccc34)n2)C1. The lowest BCUT2D eigenvalue weighted by Crippen LogP contribution is -2.36. The van der Waals surface area contributed by atoms with Crippen LogP contribution in [0.2, 0.25) is 5.02 Å². The molecule has 1 atom stereocenters. The molecule has 4 heterocycles. The number of nitrogens with zero attached hydrogens (tertiary/aromatic N) is 4. The number of anilines is 1. The predicted octanol–water partition coefficient (Wildman–Crippen LogP) is 4.94. The fourth-order valence-electron chi connectivity index (χ4n) is 3.95. The highest BCUT2D eigenvalue weighted by molar-refractivity contribution is 6.33. The van der Waals surface area contributed by atoms with E-state index < -0.39 is 0 Å². The Hall–Kier alpha value is -2.14. The van der Waals surface area contributed by atoms with Gasteiger partial charge in [-0.25, -0.2) is 9.97 Å². The summed E-state index contributed by atoms with van der Waals surface area (Å²) >= 11 is 6.48. The molecular weight excluding hydrogens is 346 g/mol. The Labute approximate surface area is 158 Å². The van der Waals surface area contributed by atoms with Gasteiger partial charge in [0.25, 0.3) is 0 Å². The molecule has 136 valence electrons. The summed E-state index contributed by atoms with van der Waals surface area (Å²) in [6.07, 6.45) is 5.54. The van der Waals surface area contributed by atoms with E-state index in [4.69, 9.17) is 16.6 Å². The lowest BCUT2D eigenvalue weighted by atomic mass is 9.90. The summed E-state index contributed by atoms with van der Waals surface area (Å²) in [5.74, 6) is 2.46. The van der Waals surface area contributed by atoms with E-state index in [-0.39, 0.29) is 0 Å². The zero-order valence-electron chi connectivity index (χ0n) is 15.2. The van der Waals surface area contributed by atoms with Gasteiger partial charge in [-0.3, -0.25) is 5.10 Å².